The minimum Gasteiger partial charge on any atom is -0.464 e. The van der Waals surface area contributed by atoms with Crippen LogP contribution < -0.4 is 11.1 Å². The van der Waals surface area contributed by atoms with E-state index in [9.17, 15) is 9.59 Å². The number of pyridine rings is 2. The van der Waals surface area contributed by atoms with Crippen molar-refractivity contribution >= 4 is 83.1 Å². The van der Waals surface area contributed by atoms with Crippen molar-refractivity contribution in [2.45, 2.75) is 11.8 Å². The number of thioether (sulfide) groups is 1. The maximum atomic E-state index is 11.4. The fourth-order valence-electron chi connectivity index (χ4n) is 1.80. The van der Waals surface area contributed by atoms with Crippen molar-refractivity contribution in [1.29, 1.82) is 0 Å². The minimum absolute atomic E-state index is 0.122. The SMILES string of the molecule is COC(=O)c1nc2c(cc1Br)SCC(=O)N2.Cc1nc(N)c(Br)cc1Br. The number of nitrogen functional groups attached to an aromatic ring is 1. The number of hydrogen-bond acceptors (Lipinski definition) is 7. The third kappa shape index (κ3) is 5.18. The standard InChI is InChI=1S/C9H7BrN2O3S.C6H6Br2N2/c1-15-9(14)7-4(10)2-5-8(12-7)11-6(13)3-16-5;1-3-4(7)2-5(8)6(9)10-3/h2H,3H2,1H3,(H,11,12,13);2H,1H3,(H2,9,10). The molecule has 0 aromatic carbocycles. The zero-order valence-corrected chi connectivity index (χ0v) is 19.2. The minimum atomic E-state index is -0.542. The normalized spacial score (nSPS) is 12.4. The number of anilines is 2. The lowest BCUT2D eigenvalue weighted by atomic mass is 10.3. The van der Waals surface area contributed by atoms with Gasteiger partial charge in [0.15, 0.2) is 5.69 Å². The summed E-state index contributed by atoms with van der Waals surface area (Å²) in [6.45, 7) is 1.90. The molecule has 0 fully saturated rings. The van der Waals surface area contributed by atoms with Crippen LogP contribution in [-0.4, -0.2) is 34.7 Å². The molecule has 0 radical (unpaired) electrons. The highest BCUT2D eigenvalue weighted by molar-refractivity contribution is 9.11. The van der Waals surface area contributed by atoms with Crippen LogP contribution in [0.3, 0.4) is 0 Å². The number of esters is 1. The number of nitrogens with zero attached hydrogens (tertiary/aromatic N) is 2. The van der Waals surface area contributed by atoms with Crippen LogP contribution in [0, 0.1) is 6.92 Å². The van der Waals surface area contributed by atoms with Crippen LogP contribution in [0.2, 0.25) is 0 Å². The Kier molecular flexibility index (Phi) is 7.44. The van der Waals surface area contributed by atoms with Gasteiger partial charge in [0, 0.05) is 4.47 Å². The molecule has 0 atom stereocenters. The number of fused-ring (bicyclic) bond motifs is 1. The molecule has 2 aromatic rings. The maximum absolute atomic E-state index is 11.4. The van der Waals surface area contributed by atoms with Crippen LogP contribution in [0.25, 0.3) is 0 Å². The fraction of sp³-hybridized carbons (Fsp3) is 0.200. The smallest absolute Gasteiger partial charge is 0.357 e. The number of aryl methyl sites for hydroxylation is 1. The number of halogens is 3. The second-order valence-electron chi connectivity index (χ2n) is 4.92. The molecule has 11 heteroatoms. The van der Waals surface area contributed by atoms with Crippen LogP contribution in [-0.2, 0) is 9.53 Å². The van der Waals surface area contributed by atoms with Crippen molar-refractivity contribution in [3.63, 3.8) is 0 Å². The highest BCUT2D eigenvalue weighted by atomic mass is 79.9. The van der Waals surface area contributed by atoms with E-state index in [0.717, 1.165) is 19.5 Å². The van der Waals surface area contributed by atoms with E-state index in [1.54, 1.807) is 6.07 Å². The number of rotatable bonds is 1. The van der Waals surface area contributed by atoms with Crippen LogP contribution >= 0.6 is 59.6 Å². The van der Waals surface area contributed by atoms with E-state index in [1.807, 2.05) is 13.0 Å². The van der Waals surface area contributed by atoms with Gasteiger partial charge in [-0.3, -0.25) is 4.79 Å². The van der Waals surface area contributed by atoms with E-state index in [2.05, 4.69) is 67.8 Å². The lowest BCUT2D eigenvalue weighted by Gasteiger charge is -2.16. The molecule has 1 amide bonds. The van der Waals surface area contributed by atoms with Gasteiger partial charge < -0.3 is 15.8 Å². The van der Waals surface area contributed by atoms with Crippen molar-refractivity contribution in [2.75, 3.05) is 23.9 Å². The number of ether oxygens (including phenoxy) is 1. The summed E-state index contributed by atoms with van der Waals surface area (Å²) >= 11 is 11.2. The first-order valence-corrected chi connectivity index (χ1v) is 10.4. The number of carbonyl (C=O) groups excluding carboxylic acids is 2. The largest absolute Gasteiger partial charge is 0.464 e. The summed E-state index contributed by atoms with van der Waals surface area (Å²) in [5, 5.41) is 2.61. The fourth-order valence-corrected chi connectivity index (χ4v) is 4.17. The molecule has 26 heavy (non-hydrogen) atoms. The van der Waals surface area contributed by atoms with Crippen molar-refractivity contribution in [1.82, 2.24) is 9.97 Å². The molecule has 1 aliphatic heterocycles. The number of nitrogens with two attached hydrogens (primary N) is 1. The molecule has 3 rings (SSSR count). The number of amides is 1. The first-order valence-electron chi connectivity index (χ1n) is 7.02. The van der Waals surface area contributed by atoms with Crippen molar-refractivity contribution in [3.8, 4) is 0 Å². The molecule has 3 heterocycles. The monoisotopic (exact) mass is 566 g/mol. The molecular formula is C15H13Br3N4O3S. The van der Waals surface area contributed by atoms with Crippen molar-refractivity contribution in [2.24, 2.45) is 0 Å². The summed E-state index contributed by atoms with van der Waals surface area (Å²) < 4.78 is 6.93. The van der Waals surface area contributed by atoms with Crippen LogP contribution in [0.5, 0.6) is 0 Å². The Morgan fingerprint density at radius 3 is 2.54 bits per heavy atom. The predicted molar refractivity (Wildman–Crippen MR) is 111 cm³/mol. The predicted octanol–water partition coefficient (Wildman–Crippen LogP) is 4.17. The van der Waals surface area contributed by atoms with Gasteiger partial charge in [0.2, 0.25) is 5.91 Å². The third-order valence-electron chi connectivity index (χ3n) is 3.07. The topological polar surface area (TPSA) is 107 Å². The van der Waals surface area contributed by atoms with E-state index < -0.39 is 5.97 Å². The zero-order chi connectivity index (χ0) is 19.4. The summed E-state index contributed by atoms with van der Waals surface area (Å²) in [7, 11) is 1.28. The average molecular weight is 569 g/mol. The second kappa shape index (κ2) is 9.16. The molecule has 0 unspecified atom stereocenters. The molecule has 7 nitrogen and oxygen atoms in total. The van der Waals surface area contributed by atoms with Gasteiger partial charge in [-0.1, -0.05) is 0 Å². The Bertz CT molecular complexity index is 829. The van der Waals surface area contributed by atoms with Gasteiger partial charge in [-0.05, 0) is 66.8 Å². The molecule has 138 valence electrons. The van der Waals surface area contributed by atoms with Crippen LogP contribution in [0.4, 0.5) is 11.6 Å². The summed E-state index contributed by atoms with van der Waals surface area (Å²) in [4.78, 5) is 31.5. The zero-order valence-electron chi connectivity index (χ0n) is 13.6. The Morgan fingerprint density at radius 2 is 1.92 bits per heavy atom. The molecule has 0 saturated heterocycles. The Balaban J connectivity index is 0.000000209. The van der Waals surface area contributed by atoms with Gasteiger partial charge in [-0.25, -0.2) is 14.8 Å². The molecule has 0 spiro atoms. The molecular weight excluding hydrogens is 556 g/mol. The highest BCUT2D eigenvalue weighted by Gasteiger charge is 2.21. The first-order chi connectivity index (χ1) is 12.2. The Hall–Kier alpha value is -1.17. The third-order valence-corrected chi connectivity index (χ3v) is 6.14. The quantitative estimate of drug-likeness (QED) is 0.497. The van der Waals surface area contributed by atoms with Gasteiger partial charge in [0.05, 0.1) is 32.4 Å². The maximum Gasteiger partial charge on any atom is 0.357 e. The number of carbonyl (C=O) groups is 2. The summed E-state index contributed by atoms with van der Waals surface area (Å²) in [6.07, 6.45) is 0. The van der Waals surface area contributed by atoms with Crippen LogP contribution in [0.15, 0.2) is 30.4 Å². The summed E-state index contributed by atoms with van der Waals surface area (Å²) in [5.41, 5.74) is 6.57. The highest BCUT2D eigenvalue weighted by Crippen LogP contribution is 2.33. The van der Waals surface area contributed by atoms with Crippen molar-refractivity contribution in [3.05, 3.63) is 36.9 Å². The number of methoxy groups -OCH3 is 1. The Labute approximate surface area is 179 Å². The lowest BCUT2D eigenvalue weighted by molar-refractivity contribution is -0.113. The second-order valence-corrected chi connectivity index (χ2v) is 8.50. The van der Waals surface area contributed by atoms with E-state index in [1.165, 1.54) is 18.9 Å². The molecule has 0 bridgehead atoms. The van der Waals surface area contributed by atoms with E-state index >= 15 is 0 Å². The number of aromatic nitrogens is 2. The van der Waals surface area contributed by atoms with Crippen LogP contribution in [0.1, 0.15) is 16.2 Å². The summed E-state index contributed by atoms with van der Waals surface area (Å²) in [5.74, 6) is 0.631. The summed E-state index contributed by atoms with van der Waals surface area (Å²) in [6, 6.07) is 3.64. The number of hydrogen-bond donors (Lipinski definition) is 2. The van der Waals surface area contributed by atoms with E-state index in [-0.39, 0.29) is 11.6 Å². The van der Waals surface area contributed by atoms with E-state index in [4.69, 9.17) is 5.73 Å². The van der Waals surface area contributed by atoms with Gasteiger partial charge in [0.25, 0.3) is 0 Å². The Morgan fingerprint density at radius 1 is 1.23 bits per heavy atom. The number of nitrogens with one attached hydrogen (secondary N) is 1. The van der Waals surface area contributed by atoms with E-state index in [0.29, 0.717) is 21.9 Å². The molecule has 2 aromatic heterocycles. The van der Waals surface area contributed by atoms with Gasteiger partial charge in [0.1, 0.15) is 11.6 Å². The van der Waals surface area contributed by atoms with Gasteiger partial charge in [-0.2, -0.15) is 0 Å². The average Bonchev–Trinajstić information content (AvgIpc) is 2.60. The van der Waals surface area contributed by atoms with Gasteiger partial charge >= 0.3 is 5.97 Å². The first kappa shape index (κ1) is 21.1. The van der Waals surface area contributed by atoms with Crippen molar-refractivity contribution < 1.29 is 14.3 Å². The molecule has 0 saturated carbocycles. The van der Waals surface area contributed by atoms with Gasteiger partial charge in [-0.15, -0.1) is 11.8 Å². The molecule has 0 aliphatic carbocycles. The lowest BCUT2D eigenvalue weighted by Crippen LogP contribution is -2.21. The molecule has 3 N–H and O–H groups in total. The molecule has 1 aliphatic rings.